The molecule has 0 atom stereocenters. The molecule has 3 N–H and O–H groups in total. The lowest BCUT2D eigenvalue weighted by Crippen LogP contribution is -2.32. The molecule has 0 spiro atoms. The van der Waals surface area contributed by atoms with Crippen molar-refractivity contribution in [3.8, 4) is 0 Å². The summed E-state index contributed by atoms with van der Waals surface area (Å²) in [5.74, 6) is -1.29. The summed E-state index contributed by atoms with van der Waals surface area (Å²) in [4.78, 5) is 42.2. The largest absolute Gasteiger partial charge is 0.478 e. The zero-order chi connectivity index (χ0) is 24.1. The number of carboxylic acid groups (broad SMARTS) is 1. The van der Waals surface area contributed by atoms with Gasteiger partial charge >= 0.3 is 5.97 Å². The van der Waals surface area contributed by atoms with Crippen molar-refractivity contribution in [3.05, 3.63) is 81.7 Å². The number of methoxy groups -OCH3 is 1. The molecule has 0 aliphatic carbocycles. The number of benzene rings is 2. The van der Waals surface area contributed by atoms with E-state index in [0.29, 0.717) is 29.4 Å². The summed E-state index contributed by atoms with van der Waals surface area (Å²) in [6.45, 7) is -0.00759. The maximum absolute atomic E-state index is 13.1. The monoisotopic (exact) mass is 478 g/mol. The number of carboxylic acids is 1. The quantitative estimate of drug-likeness (QED) is 0.335. The average Bonchev–Trinajstić information content (AvgIpc) is 3.26. The maximum atomic E-state index is 13.1. The van der Waals surface area contributed by atoms with Gasteiger partial charge in [0.05, 0.1) is 17.6 Å². The number of thiophene rings is 1. The first-order chi connectivity index (χ1) is 16.5. The topological polar surface area (TPSA) is 123 Å². The van der Waals surface area contributed by atoms with E-state index < -0.39 is 17.4 Å². The lowest BCUT2D eigenvalue weighted by Gasteiger charge is -2.13. The van der Waals surface area contributed by atoms with E-state index in [-0.39, 0.29) is 17.5 Å². The lowest BCUT2D eigenvalue weighted by molar-refractivity contribution is -0.116. The number of aromatic nitrogens is 2. The van der Waals surface area contributed by atoms with Crippen LogP contribution in [0.25, 0.3) is 10.2 Å². The van der Waals surface area contributed by atoms with Gasteiger partial charge in [-0.15, -0.1) is 11.3 Å². The average molecular weight is 479 g/mol. The summed E-state index contributed by atoms with van der Waals surface area (Å²) in [6, 6.07) is 16.9. The number of para-hydroxylation sites is 1. The molecule has 4 aromatic rings. The second-order valence-corrected chi connectivity index (χ2v) is 8.27. The molecule has 0 saturated carbocycles. The number of ether oxygens (including phenoxy) is 1. The SMILES string of the molecule is COCCc1nc2scc(C(=O)O)c2c(=O)n1CC(=O)Nc1ccc(Nc2ccccc2)cc1. The molecule has 2 aromatic heterocycles. The zero-order valence-electron chi connectivity index (χ0n) is 18.3. The van der Waals surface area contributed by atoms with Crippen molar-refractivity contribution in [3.63, 3.8) is 0 Å². The highest BCUT2D eigenvalue weighted by molar-refractivity contribution is 7.17. The Bertz CT molecular complexity index is 1380. The van der Waals surface area contributed by atoms with E-state index in [9.17, 15) is 19.5 Å². The van der Waals surface area contributed by atoms with E-state index in [1.54, 1.807) is 12.1 Å². The third kappa shape index (κ3) is 5.13. The summed E-state index contributed by atoms with van der Waals surface area (Å²) < 4.78 is 6.31. The van der Waals surface area contributed by atoms with Crippen molar-refractivity contribution < 1.29 is 19.4 Å². The van der Waals surface area contributed by atoms with Crippen molar-refractivity contribution in [1.29, 1.82) is 0 Å². The number of carbonyl (C=O) groups excluding carboxylic acids is 1. The van der Waals surface area contributed by atoms with Gasteiger partial charge in [-0.1, -0.05) is 18.2 Å². The molecule has 10 heteroatoms. The van der Waals surface area contributed by atoms with Gasteiger partial charge in [0.2, 0.25) is 5.91 Å². The van der Waals surface area contributed by atoms with Gasteiger partial charge in [-0.2, -0.15) is 0 Å². The van der Waals surface area contributed by atoms with Crippen LogP contribution in [0.5, 0.6) is 0 Å². The fourth-order valence-corrected chi connectivity index (χ4v) is 4.36. The van der Waals surface area contributed by atoms with E-state index in [2.05, 4.69) is 15.6 Å². The molecule has 0 aliphatic rings. The second-order valence-electron chi connectivity index (χ2n) is 7.41. The first-order valence-electron chi connectivity index (χ1n) is 10.4. The first kappa shape index (κ1) is 23.1. The molecule has 0 saturated heterocycles. The molecule has 1 amide bonds. The van der Waals surface area contributed by atoms with Crippen LogP contribution in [0.3, 0.4) is 0 Å². The van der Waals surface area contributed by atoms with Crippen LogP contribution in [-0.2, 0) is 22.5 Å². The summed E-state index contributed by atoms with van der Waals surface area (Å²) in [5.41, 5.74) is 1.68. The van der Waals surface area contributed by atoms with Crippen LogP contribution in [-0.4, -0.2) is 40.3 Å². The Morgan fingerprint density at radius 3 is 2.41 bits per heavy atom. The van der Waals surface area contributed by atoms with Crippen LogP contribution in [0, 0.1) is 0 Å². The van der Waals surface area contributed by atoms with Crippen LogP contribution >= 0.6 is 11.3 Å². The Kier molecular flexibility index (Phi) is 7.00. The molecule has 0 unspecified atom stereocenters. The number of nitrogens with one attached hydrogen (secondary N) is 2. The molecular formula is C24H22N4O5S. The standard InChI is InChI=1S/C24H22N4O5S/c1-33-12-11-19-27-22-21(18(14-34-22)24(31)32)23(30)28(19)13-20(29)26-17-9-7-16(8-10-17)25-15-5-3-2-4-6-15/h2-10,14,25H,11-13H2,1H3,(H,26,29)(H,31,32). The van der Waals surface area contributed by atoms with Crippen LogP contribution < -0.4 is 16.2 Å². The van der Waals surface area contributed by atoms with Gasteiger partial charge in [0.15, 0.2) is 0 Å². The maximum Gasteiger partial charge on any atom is 0.337 e. The number of carbonyl (C=O) groups is 2. The number of aromatic carboxylic acids is 1. The molecule has 174 valence electrons. The molecule has 0 bridgehead atoms. The van der Waals surface area contributed by atoms with Crippen molar-refractivity contribution in [2.75, 3.05) is 24.4 Å². The Morgan fingerprint density at radius 2 is 1.74 bits per heavy atom. The van der Waals surface area contributed by atoms with Gasteiger partial charge in [-0.05, 0) is 36.4 Å². The summed E-state index contributed by atoms with van der Waals surface area (Å²) in [6.07, 6.45) is 0.301. The number of hydrogen-bond acceptors (Lipinski definition) is 7. The van der Waals surface area contributed by atoms with Gasteiger partial charge in [0, 0.05) is 36.0 Å². The van der Waals surface area contributed by atoms with Crippen molar-refractivity contribution in [2.24, 2.45) is 0 Å². The smallest absolute Gasteiger partial charge is 0.337 e. The zero-order valence-corrected chi connectivity index (χ0v) is 19.1. The first-order valence-corrected chi connectivity index (χ1v) is 11.3. The minimum absolute atomic E-state index is 0.00260. The number of rotatable bonds is 9. The molecule has 2 aromatic carbocycles. The van der Waals surface area contributed by atoms with Crippen LogP contribution in [0.15, 0.2) is 64.8 Å². The third-order valence-electron chi connectivity index (χ3n) is 5.07. The lowest BCUT2D eigenvalue weighted by atomic mass is 10.2. The molecule has 0 fully saturated rings. The van der Waals surface area contributed by atoms with E-state index in [1.807, 2.05) is 42.5 Å². The summed E-state index contributed by atoms with van der Waals surface area (Å²) in [7, 11) is 1.53. The van der Waals surface area contributed by atoms with Gasteiger partial charge < -0.3 is 20.5 Å². The highest BCUT2D eigenvalue weighted by atomic mass is 32.1. The molecule has 4 rings (SSSR count). The third-order valence-corrected chi connectivity index (χ3v) is 5.94. The molecule has 0 radical (unpaired) electrons. The Morgan fingerprint density at radius 1 is 1.06 bits per heavy atom. The van der Waals surface area contributed by atoms with Crippen molar-refractivity contribution in [1.82, 2.24) is 9.55 Å². The predicted octanol–water partition coefficient (Wildman–Crippen LogP) is 3.73. The molecule has 0 aliphatic heterocycles. The number of hydrogen-bond donors (Lipinski definition) is 3. The van der Waals surface area contributed by atoms with Gasteiger partial charge in [0.1, 0.15) is 17.2 Å². The van der Waals surface area contributed by atoms with Crippen molar-refractivity contribution >= 4 is 50.5 Å². The molecular weight excluding hydrogens is 456 g/mol. The Labute approximate surface area is 198 Å². The summed E-state index contributed by atoms with van der Waals surface area (Å²) >= 11 is 1.08. The van der Waals surface area contributed by atoms with E-state index in [4.69, 9.17) is 4.74 Å². The summed E-state index contributed by atoms with van der Waals surface area (Å²) in [5, 5.41) is 16.8. The number of anilines is 3. The van der Waals surface area contributed by atoms with E-state index >= 15 is 0 Å². The second kappa shape index (κ2) is 10.3. The number of nitrogens with zero attached hydrogens (tertiary/aromatic N) is 2. The fraction of sp³-hybridized carbons (Fsp3) is 0.167. The fourth-order valence-electron chi connectivity index (χ4n) is 3.44. The normalized spacial score (nSPS) is 10.9. The Hall–Kier alpha value is -4.02. The minimum Gasteiger partial charge on any atom is -0.478 e. The van der Waals surface area contributed by atoms with Crippen LogP contribution in [0.1, 0.15) is 16.2 Å². The molecule has 34 heavy (non-hydrogen) atoms. The van der Waals surface area contributed by atoms with E-state index in [0.717, 1.165) is 22.7 Å². The highest BCUT2D eigenvalue weighted by Gasteiger charge is 2.20. The highest BCUT2D eigenvalue weighted by Crippen LogP contribution is 2.22. The van der Waals surface area contributed by atoms with Crippen LogP contribution in [0.2, 0.25) is 0 Å². The van der Waals surface area contributed by atoms with Crippen LogP contribution in [0.4, 0.5) is 17.1 Å². The van der Waals surface area contributed by atoms with Gasteiger partial charge in [-0.3, -0.25) is 14.2 Å². The van der Waals surface area contributed by atoms with Gasteiger partial charge in [0.25, 0.3) is 5.56 Å². The predicted molar refractivity (Wildman–Crippen MR) is 131 cm³/mol. The minimum atomic E-state index is -1.21. The molecule has 9 nitrogen and oxygen atoms in total. The number of fused-ring (bicyclic) bond motifs is 1. The number of amides is 1. The Balaban J connectivity index is 1.54. The van der Waals surface area contributed by atoms with Crippen molar-refractivity contribution in [2.45, 2.75) is 13.0 Å². The van der Waals surface area contributed by atoms with E-state index in [1.165, 1.54) is 17.1 Å². The molecule has 2 heterocycles. The van der Waals surface area contributed by atoms with Gasteiger partial charge in [-0.25, -0.2) is 9.78 Å².